The fourth-order valence-corrected chi connectivity index (χ4v) is 5.94. The van der Waals surface area contributed by atoms with Crippen molar-refractivity contribution in [2.45, 2.75) is 38.0 Å². The number of ether oxygens (including phenoxy) is 1. The van der Waals surface area contributed by atoms with Crippen molar-refractivity contribution in [1.29, 1.82) is 0 Å². The summed E-state index contributed by atoms with van der Waals surface area (Å²) in [6, 6.07) is 23.8. The molecule has 0 aromatic heterocycles. The third kappa shape index (κ3) is 3.97. The second kappa shape index (κ2) is 9.40. The van der Waals surface area contributed by atoms with Gasteiger partial charge in [-0.1, -0.05) is 109 Å². The molecule has 1 unspecified atom stereocenters. The quantitative estimate of drug-likeness (QED) is 0.275. The minimum Gasteiger partial charge on any atom is -0.425 e. The first kappa shape index (κ1) is 22.9. The first-order valence-corrected chi connectivity index (χ1v) is 12.3. The predicted molar refractivity (Wildman–Crippen MR) is 135 cm³/mol. The summed E-state index contributed by atoms with van der Waals surface area (Å²) in [7, 11) is 0. The number of benzene rings is 3. The summed E-state index contributed by atoms with van der Waals surface area (Å²) in [5.41, 5.74) is 1.59. The van der Waals surface area contributed by atoms with Crippen LogP contribution in [0.3, 0.4) is 0 Å². The second-order valence-electron chi connectivity index (χ2n) is 9.01. The van der Waals surface area contributed by atoms with Crippen molar-refractivity contribution >= 4 is 40.7 Å². The molecule has 0 amide bonds. The molecule has 0 radical (unpaired) electrons. The van der Waals surface area contributed by atoms with Gasteiger partial charge in [-0.25, -0.2) is 0 Å². The van der Waals surface area contributed by atoms with Gasteiger partial charge in [-0.05, 0) is 30.5 Å². The van der Waals surface area contributed by atoms with E-state index in [0.29, 0.717) is 45.3 Å². The van der Waals surface area contributed by atoms with E-state index in [2.05, 4.69) is 0 Å². The molecular weight excluding hydrogens is 467 g/mol. The molecule has 1 heterocycles. The molecule has 1 aliphatic heterocycles. The van der Waals surface area contributed by atoms with Crippen molar-refractivity contribution in [3.8, 4) is 0 Å². The molecule has 34 heavy (non-hydrogen) atoms. The molecule has 0 bridgehead atoms. The van der Waals surface area contributed by atoms with Gasteiger partial charge in [-0.3, -0.25) is 9.59 Å². The Morgan fingerprint density at radius 1 is 0.853 bits per heavy atom. The number of halogens is 2. The number of cyclic esters (lactones) is 1. The number of esters is 1. The molecule has 3 aromatic carbocycles. The minimum atomic E-state index is -0.853. The number of hydrogen-bond acceptors (Lipinski definition) is 3. The van der Waals surface area contributed by atoms with Crippen molar-refractivity contribution in [3.63, 3.8) is 0 Å². The van der Waals surface area contributed by atoms with Crippen LogP contribution in [0.15, 0.2) is 84.4 Å². The first-order valence-electron chi connectivity index (χ1n) is 11.6. The highest BCUT2D eigenvalue weighted by Gasteiger charge is 2.55. The van der Waals surface area contributed by atoms with E-state index in [1.165, 1.54) is 0 Å². The van der Waals surface area contributed by atoms with Gasteiger partial charge in [0.15, 0.2) is 5.78 Å². The molecule has 1 fully saturated rings. The summed E-state index contributed by atoms with van der Waals surface area (Å²) < 4.78 is 6.09. The van der Waals surface area contributed by atoms with Crippen LogP contribution in [0.5, 0.6) is 0 Å². The molecule has 5 heteroatoms. The molecule has 2 aliphatic rings. The number of ketones is 1. The Bertz CT molecular complexity index is 1260. The summed E-state index contributed by atoms with van der Waals surface area (Å²) in [6.45, 7) is 0. The monoisotopic (exact) mass is 490 g/mol. The van der Waals surface area contributed by atoms with Crippen LogP contribution in [0, 0.1) is 5.41 Å². The maximum absolute atomic E-state index is 14.2. The van der Waals surface area contributed by atoms with E-state index in [-0.39, 0.29) is 11.8 Å². The summed E-state index contributed by atoms with van der Waals surface area (Å²) in [5.74, 6) is -0.673. The maximum Gasteiger partial charge on any atom is 0.318 e. The van der Waals surface area contributed by atoms with Gasteiger partial charge in [0, 0.05) is 27.1 Å². The average molecular weight is 491 g/mol. The van der Waals surface area contributed by atoms with Crippen LogP contribution in [-0.4, -0.2) is 11.8 Å². The molecule has 0 saturated heterocycles. The standard InChI is InChI=1S/C29H24Cl2O3/c30-21-14-15-22(23(31)18-21)25-24(26(32)19-10-4-1-5-11-19)27(20-12-6-2-7-13-20)34-28(33)29(25)16-8-3-9-17-29/h1-2,4-7,10-15,18,25H,3,8-9,16-17H2. The number of Topliss-reactive ketones (excluding diaryl/α,β-unsaturated/α-hetero) is 1. The molecule has 5 rings (SSSR count). The second-order valence-corrected chi connectivity index (χ2v) is 9.85. The highest BCUT2D eigenvalue weighted by atomic mass is 35.5. The van der Waals surface area contributed by atoms with Crippen molar-refractivity contribution in [2.75, 3.05) is 0 Å². The molecule has 0 N–H and O–H groups in total. The van der Waals surface area contributed by atoms with Gasteiger partial charge in [0.2, 0.25) is 0 Å². The summed E-state index contributed by atoms with van der Waals surface area (Å²) in [4.78, 5) is 27.9. The third-order valence-corrected chi connectivity index (χ3v) is 7.59. The van der Waals surface area contributed by atoms with Crippen LogP contribution in [0.1, 0.15) is 59.5 Å². The molecule has 3 nitrogen and oxygen atoms in total. The lowest BCUT2D eigenvalue weighted by Crippen LogP contribution is -2.45. The van der Waals surface area contributed by atoms with E-state index in [0.717, 1.165) is 24.8 Å². The van der Waals surface area contributed by atoms with Gasteiger partial charge in [0.1, 0.15) is 5.76 Å². The molecule has 1 aliphatic carbocycles. The summed E-state index contributed by atoms with van der Waals surface area (Å²) in [6.07, 6.45) is 4.12. The SMILES string of the molecule is O=C(C1=C(c2ccccc2)OC(=O)C2(CCCCC2)C1c1ccc(Cl)cc1Cl)c1ccccc1. The Hall–Kier alpha value is -2.88. The Labute approximate surface area is 209 Å². The zero-order valence-corrected chi connectivity index (χ0v) is 20.1. The molecule has 172 valence electrons. The van der Waals surface area contributed by atoms with Crippen LogP contribution in [0.2, 0.25) is 10.0 Å². The fourth-order valence-electron chi connectivity index (χ4n) is 5.42. The molecule has 1 spiro atoms. The first-order chi connectivity index (χ1) is 16.5. The Kier molecular flexibility index (Phi) is 6.33. The zero-order chi connectivity index (χ0) is 23.7. The number of allylic oxidation sites excluding steroid dienone is 1. The number of hydrogen-bond donors (Lipinski definition) is 0. The highest BCUT2D eigenvalue weighted by Crippen LogP contribution is 2.57. The molecule has 1 saturated carbocycles. The highest BCUT2D eigenvalue weighted by molar-refractivity contribution is 6.35. The van der Waals surface area contributed by atoms with Gasteiger partial charge in [0.25, 0.3) is 0 Å². The van der Waals surface area contributed by atoms with Crippen molar-refractivity contribution < 1.29 is 14.3 Å². The van der Waals surface area contributed by atoms with Gasteiger partial charge >= 0.3 is 5.97 Å². The molecular formula is C29H24Cl2O3. The Balaban J connectivity index is 1.83. The van der Waals surface area contributed by atoms with Crippen LogP contribution in [0.4, 0.5) is 0 Å². The van der Waals surface area contributed by atoms with Crippen LogP contribution < -0.4 is 0 Å². The number of rotatable bonds is 4. The van der Waals surface area contributed by atoms with Crippen molar-refractivity contribution in [3.05, 3.63) is 111 Å². The van der Waals surface area contributed by atoms with Gasteiger partial charge in [-0.2, -0.15) is 0 Å². The normalized spacial score (nSPS) is 19.7. The summed E-state index contributed by atoms with van der Waals surface area (Å²) in [5, 5.41) is 0.955. The minimum absolute atomic E-state index is 0.159. The van der Waals surface area contributed by atoms with E-state index >= 15 is 0 Å². The number of carbonyl (C=O) groups is 2. The topological polar surface area (TPSA) is 43.4 Å². The Morgan fingerprint density at radius 2 is 1.50 bits per heavy atom. The lowest BCUT2D eigenvalue weighted by atomic mass is 9.59. The van der Waals surface area contributed by atoms with E-state index in [1.807, 2.05) is 54.6 Å². The van der Waals surface area contributed by atoms with E-state index < -0.39 is 11.3 Å². The zero-order valence-electron chi connectivity index (χ0n) is 18.6. The van der Waals surface area contributed by atoms with Crippen LogP contribution in [-0.2, 0) is 9.53 Å². The number of carbonyl (C=O) groups excluding carboxylic acids is 2. The van der Waals surface area contributed by atoms with Crippen LogP contribution >= 0.6 is 23.2 Å². The van der Waals surface area contributed by atoms with Gasteiger partial charge < -0.3 is 4.74 Å². The lowest BCUT2D eigenvalue weighted by Gasteiger charge is -2.46. The Morgan fingerprint density at radius 3 is 2.15 bits per heavy atom. The summed E-state index contributed by atoms with van der Waals surface area (Å²) >= 11 is 13.0. The van der Waals surface area contributed by atoms with Gasteiger partial charge in [-0.15, -0.1) is 0 Å². The van der Waals surface area contributed by atoms with E-state index in [9.17, 15) is 9.59 Å². The molecule has 3 aromatic rings. The van der Waals surface area contributed by atoms with E-state index in [1.54, 1.807) is 24.3 Å². The average Bonchev–Trinajstić information content (AvgIpc) is 2.87. The lowest BCUT2D eigenvalue weighted by molar-refractivity contribution is -0.153. The fraction of sp³-hybridized carbons (Fsp3) is 0.241. The largest absolute Gasteiger partial charge is 0.425 e. The van der Waals surface area contributed by atoms with Crippen molar-refractivity contribution in [2.24, 2.45) is 5.41 Å². The maximum atomic E-state index is 14.2. The third-order valence-electron chi connectivity index (χ3n) is 7.02. The predicted octanol–water partition coefficient (Wildman–Crippen LogP) is 7.88. The van der Waals surface area contributed by atoms with Crippen LogP contribution in [0.25, 0.3) is 5.76 Å². The smallest absolute Gasteiger partial charge is 0.318 e. The van der Waals surface area contributed by atoms with E-state index in [4.69, 9.17) is 27.9 Å². The van der Waals surface area contributed by atoms with Gasteiger partial charge in [0.05, 0.1) is 11.0 Å². The molecule has 1 atom stereocenters. The van der Waals surface area contributed by atoms with Crippen molar-refractivity contribution in [1.82, 2.24) is 0 Å².